The monoisotopic (exact) mass is 353 g/mol. The van der Waals surface area contributed by atoms with Gasteiger partial charge >= 0.3 is 0 Å². The number of nitrogens with zero attached hydrogens (tertiary/aromatic N) is 3. The maximum absolute atomic E-state index is 13.7. The smallest absolute Gasteiger partial charge is 0.165 e. The molecule has 0 radical (unpaired) electrons. The standard InChI is InChI=1S/C20H17F2N3O/c1-20(2,14-4-6-16(21)13(8-14)10-23)19-11-24-12-25(19)15-5-7-17(22)18(9-15)26-3/h4-9,11-12H,1-3H3. The molecule has 3 rings (SSSR count). The van der Waals surface area contributed by atoms with E-state index in [1.807, 2.05) is 24.5 Å². The normalized spacial score (nSPS) is 11.2. The third-order valence-electron chi connectivity index (χ3n) is 4.50. The molecule has 0 unspecified atom stereocenters. The van der Waals surface area contributed by atoms with Crippen molar-refractivity contribution in [1.82, 2.24) is 9.55 Å². The van der Waals surface area contributed by atoms with E-state index in [0.717, 1.165) is 11.3 Å². The molecule has 6 heteroatoms. The van der Waals surface area contributed by atoms with Crippen LogP contribution in [0.25, 0.3) is 5.69 Å². The van der Waals surface area contributed by atoms with Gasteiger partial charge in [-0.1, -0.05) is 19.9 Å². The lowest BCUT2D eigenvalue weighted by Crippen LogP contribution is -2.23. The summed E-state index contributed by atoms with van der Waals surface area (Å²) in [6.45, 7) is 3.91. The number of halogens is 2. The van der Waals surface area contributed by atoms with E-state index in [4.69, 9.17) is 10.00 Å². The van der Waals surface area contributed by atoms with Gasteiger partial charge in [-0.05, 0) is 29.8 Å². The summed E-state index contributed by atoms with van der Waals surface area (Å²) in [7, 11) is 1.41. The zero-order valence-electron chi connectivity index (χ0n) is 14.6. The zero-order chi connectivity index (χ0) is 18.9. The fourth-order valence-electron chi connectivity index (χ4n) is 2.91. The lowest BCUT2D eigenvalue weighted by atomic mass is 9.81. The molecule has 0 spiro atoms. The number of methoxy groups -OCH3 is 1. The Balaban J connectivity index is 2.11. The minimum absolute atomic E-state index is 0.00917. The lowest BCUT2D eigenvalue weighted by Gasteiger charge is -2.27. The van der Waals surface area contributed by atoms with Gasteiger partial charge < -0.3 is 9.30 Å². The van der Waals surface area contributed by atoms with Gasteiger partial charge in [-0.3, -0.25) is 0 Å². The third kappa shape index (κ3) is 2.93. The number of hydrogen-bond acceptors (Lipinski definition) is 3. The van der Waals surface area contributed by atoms with E-state index >= 15 is 0 Å². The third-order valence-corrected chi connectivity index (χ3v) is 4.50. The van der Waals surface area contributed by atoms with Crippen molar-refractivity contribution >= 4 is 0 Å². The fraction of sp³-hybridized carbons (Fsp3) is 0.200. The van der Waals surface area contributed by atoms with Gasteiger partial charge in [0.25, 0.3) is 0 Å². The van der Waals surface area contributed by atoms with E-state index in [-0.39, 0.29) is 11.3 Å². The highest BCUT2D eigenvalue weighted by Crippen LogP contribution is 2.34. The van der Waals surface area contributed by atoms with Crippen LogP contribution in [-0.2, 0) is 5.41 Å². The molecule has 0 aliphatic rings. The first-order valence-corrected chi connectivity index (χ1v) is 7.95. The second kappa shape index (κ2) is 6.60. The Kier molecular flexibility index (Phi) is 4.47. The van der Waals surface area contributed by atoms with Crippen LogP contribution in [0.1, 0.15) is 30.7 Å². The highest BCUT2D eigenvalue weighted by molar-refractivity contribution is 5.46. The second-order valence-corrected chi connectivity index (χ2v) is 6.40. The zero-order valence-corrected chi connectivity index (χ0v) is 14.6. The van der Waals surface area contributed by atoms with Crippen molar-refractivity contribution in [1.29, 1.82) is 5.26 Å². The van der Waals surface area contributed by atoms with Crippen LogP contribution in [0.3, 0.4) is 0 Å². The molecule has 3 aromatic rings. The molecule has 0 saturated carbocycles. The Hall–Kier alpha value is -3.20. The van der Waals surface area contributed by atoms with Crippen LogP contribution >= 0.6 is 0 Å². The van der Waals surface area contributed by atoms with E-state index < -0.39 is 17.0 Å². The molecule has 0 fully saturated rings. The van der Waals surface area contributed by atoms with Gasteiger partial charge in [-0.25, -0.2) is 13.8 Å². The molecule has 0 amide bonds. The predicted molar refractivity (Wildman–Crippen MR) is 93.3 cm³/mol. The van der Waals surface area contributed by atoms with Crippen molar-refractivity contribution in [2.24, 2.45) is 0 Å². The van der Waals surface area contributed by atoms with E-state index in [1.54, 1.807) is 30.7 Å². The predicted octanol–water partition coefficient (Wildman–Crippen LogP) is 4.36. The van der Waals surface area contributed by atoms with Crippen molar-refractivity contribution in [2.45, 2.75) is 19.3 Å². The van der Waals surface area contributed by atoms with Gasteiger partial charge in [0.1, 0.15) is 11.9 Å². The SMILES string of the molecule is COc1cc(-n2cncc2C(C)(C)c2ccc(F)c(C#N)c2)ccc1F. The van der Waals surface area contributed by atoms with Crippen LogP contribution in [-0.4, -0.2) is 16.7 Å². The van der Waals surface area contributed by atoms with Crippen LogP contribution in [0.5, 0.6) is 5.75 Å². The average Bonchev–Trinajstić information content (AvgIpc) is 3.13. The summed E-state index contributed by atoms with van der Waals surface area (Å²) in [4.78, 5) is 4.22. The second-order valence-electron chi connectivity index (χ2n) is 6.40. The number of nitriles is 1. The van der Waals surface area contributed by atoms with Crippen LogP contribution in [0.4, 0.5) is 8.78 Å². The summed E-state index contributed by atoms with van der Waals surface area (Å²) in [5, 5.41) is 9.10. The van der Waals surface area contributed by atoms with Crippen molar-refractivity contribution in [2.75, 3.05) is 7.11 Å². The number of aromatic nitrogens is 2. The van der Waals surface area contributed by atoms with Gasteiger partial charge in [0, 0.05) is 17.7 Å². The van der Waals surface area contributed by atoms with Gasteiger partial charge in [-0.2, -0.15) is 5.26 Å². The van der Waals surface area contributed by atoms with Gasteiger partial charge in [0.2, 0.25) is 0 Å². The molecule has 1 aromatic heterocycles. The maximum atomic E-state index is 13.7. The first-order chi connectivity index (χ1) is 12.4. The molecule has 0 bridgehead atoms. The van der Waals surface area contributed by atoms with E-state index in [1.165, 1.54) is 25.3 Å². The molecule has 0 N–H and O–H groups in total. The molecule has 0 atom stereocenters. The molecular formula is C20H17F2N3O. The topological polar surface area (TPSA) is 50.8 Å². The van der Waals surface area contributed by atoms with Crippen molar-refractivity contribution < 1.29 is 13.5 Å². The molecular weight excluding hydrogens is 336 g/mol. The average molecular weight is 353 g/mol. The first-order valence-electron chi connectivity index (χ1n) is 7.95. The molecule has 2 aromatic carbocycles. The molecule has 4 nitrogen and oxygen atoms in total. The number of hydrogen-bond donors (Lipinski definition) is 0. The summed E-state index contributed by atoms with van der Waals surface area (Å²) in [5.41, 5.74) is 1.68. The summed E-state index contributed by atoms with van der Waals surface area (Å²) in [6, 6.07) is 10.9. The molecule has 0 aliphatic carbocycles. The largest absolute Gasteiger partial charge is 0.494 e. The Labute approximate surface area is 150 Å². The Morgan fingerprint density at radius 1 is 1.12 bits per heavy atom. The molecule has 1 heterocycles. The maximum Gasteiger partial charge on any atom is 0.165 e. The minimum Gasteiger partial charge on any atom is -0.494 e. The fourth-order valence-corrected chi connectivity index (χ4v) is 2.91. The first kappa shape index (κ1) is 17.6. The van der Waals surface area contributed by atoms with Crippen molar-refractivity contribution in [3.63, 3.8) is 0 Å². The number of imidazole rings is 1. The van der Waals surface area contributed by atoms with Gasteiger partial charge in [-0.15, -0.1) is 0 Å². The van der Waals surface area contributed by atoms with Crippen LogP contribution in [0.2, 0.25) is 0 Å². The highest BCUT2D eigenvalue weighted by Gasteiger charge is 2.28. The van der Waals surface area contributed by atoms with E-state index in [9.17, 15) is 8.78 Å². The quantitative estimate of drug-likeness (QED) is 0.700. The molecule has 132 valence electrons. The van der Waals surface area contributed by atoms with Crippen LogP contribution < -0.4 is 4.74 Å². The summed E-state index contributed by atoms with van der Waals surface area (Å²) in [6.07, 6.45) is 3.32. The van der Waals surface area contributed by atoms with Crippen molar-refractivity contribution in [3.05, 3.63) is 77.4 Å². The van der Waals surface area contributed by atoms with E-state index in [0.29, 0.717) is 5.69 Å². The Bertz CT molecular complexity index is 1000. The lowest BCUT2D eigenvalue weighted by molar-refractivity contribution is 0.386. The minimum atomic E-state index is -0.572. The Morgan fingerprint density at radius 2 is 1.85 bits per heavy atom. The number of rotatable bonds is 4. The van der Waals surface area contributed by atoms with E-state index in [2.05, 4.69) is 4.98 Å². The highest BCUT2D eigenvalue weighted by atomic mass is 19.1. The number of benzene rings is 2. The van der Waals surface area contributed by atoms with Gasteiger partial charge in [0.05, 0.1) is 30.4 Å². The van der Waals surface area contributed by atoms with Crippen molar-refractivity contribution in [3.8, 4) is 17.5 Å². The summed E-state index contributed by atoms with van der Waals surface area (Å²) < 4.78 is 34.3. The molecule has 0 aliphatic heterocycles. The summed E-state index contributed by atoms with van der Waals surface area (Å²) >= 11 is 0. The van der Waals surface area contributed by atoms with Crippen LogP contribution in [0.15, 0.2) is 48.9 Å². The molecule has 26 heavy (non-hydrogen) atoms. The van der Waals surface area contributed by atoms with Gasteiger partial charge in [0.15, 0.2) is 11.6 Å². The Morgan fingerprint density at radius 3 is 2.54 bits per heavy atom. The van der Waals surface area contributed by atoms with Crippen LogP contribution in [0, 0.1) is 23.0 Å². The molecule has 0 saturated heterocycles. The summed E-state index contributed by atoms with van der Waals surface area (Å²) in [5.74, 6) is -0.869. The number of ether oxygens (including phenoxy) is 1.